The summed E-state index contributed by atoms with van der Waals surface area (Å²) in [5, 5.41) is 9.38. The molecule has 0 spiro atoms. The summed E-state index contributed by atoms with van der Waals surface area (Å²) in [6.45, 7) is 5.70. The molecule has 6 heteroatoms. The van der Waals surface area contributed by atoms with Crippen molar-refractivity contribution in [1.29, 1.82) is 0 Å². The maximum atomic E-state index is 11.9. The van der Waals surface area contributed by atoms with E-state index in [4.69, 9.17) is 0 Å². The molecule has 1 amide bonds. The summed E-state index contributed by atoms with van der Waals surface area (Å²) in [6.07, 6.45) is 7.22. The Morgan fingerprint density at radius 3 is 2.67 bits per heavy atom. The van der Waals surface area contributed by atoms with Crippen LogP contribution in [0.2, 0.25) is 0 Å². The molecule has 1 aliphatic rings. The fourth-order valence-electron chi connectivity index (χ4n) is 2.87. The number of hydrogen-bond donors (Lipinski definition) is 3. The van der Waals surface area contributed by atoms with Crippen LogP contribution in [0.1, 0.15) is 44.6 Å². The zero-order valence-corrected chi connectivity index (χ0v) is 15.0. The van der Waals surface area contributed by atoms with Gasteiger partial charge >= 0.3 is 0 Å². The number of rotatable bonds is 7. The van der Waals surface area contributed by atoms with Crippen molar-refractivity contribution in [3.8, 4) is 0 Å². The van der Waals surface area contributed by atoms with Crippen LogP contribution in [0.3, 0.4) is 0 Å². The van der Waals surface area contributed by atoms with Gasteiger partial charge in [0.1, 0.15) is 5.82 Å². The van der Waals surface area contributed by atoms with Gasteiger partial charge in [-0.25, -0.2) is 4.98 Å². The van der Waals surface area contributed by atoms with Gasteiger partial charge in [-0.2, -0.15) is 0 Å². The Bertz CT molecular complexity index is 558. The van der Waals surface area contributed by atoms with E-state index in [9.17, 15) is 4.79 Å². The summed E-state index contributed by atoms with van der Waals surface area (Å²) in [4.78, 5) is 20.3. The molecule has 0 aromatic carbocycles. The molecule has 2 rings (SSSR count). The molecule has 1 aromatic rings. The molecule has 0 radical (unpaired) electrons. The first-order valence-corrected chi connectivity index (χ1v) is 8.74. The Morgan fingerprint density at radius 2 is 2.12 bits per heavy atom. The fourth-order valence-corrected chi connectivity index (χ4v) is 2.87. The monoisotopic (exact) mass is 331 g/mol. The highest BCUT2D eigenvalue weighted by atomic mass is 16.1. The molecule has 24 heavy (non-hydrogen) atoms. The van der Waals surface area contributed by atoms with E-state index in [2.05, 4.69) is 32.9 Å². The van der Waals surface area contributed by atoms with Crippen molar-refractivity contribution >= 4 is 17.7 Å². The number of hydrogen-bond acceptors (Lipinski definition) is 3. The minimum absolute atomic E-state index is 0.0571. The molecule has 1 saturated carbocycles. The number of carbonyl (C=O) groups is 1. The summed E-state index contributed by atoms with van der Waals surface area (Å²) < 4.78 is 0. The summed E-state index contributed by atoms with van der Waals surface area (Å²) >= 11 is 0. The van der Waals surface area contributed by atoms with Crippen LogP contribution in [0.4, 0.5) is 5.82 Å². The zero-order valence-electron chi connectivity index (χ0n) is 15.0. The number of guanidine groups is 1. The van der Waals surface area contributed by atoms with Crippen molar-refractivity contribution in [1.82, 2.24) is 15.6 Å². The van der Waals surface area contributed by atoms with E-state index in [1.165, 1.54) is 25.7 Å². The van der Waals surface area contributed by atoms with Crippen LogP contribution in [0, 0.1) is 12.3 Å². The van der Waals surface area contributed by atoms with Gasteiger partial charge in [0.05, 0.1) is 0 Å². The predicted octanol–water partition coefficient (Wildman–Crippen LogP) is 2.46. The molecule has 0 aliphatic heterocycles. The van der Waals surface area contributed by atoms with Crippen molar-refractivity contribution in [3.05, 3.63) is 23.9 Å². The van der Waals surface area contributed by atoms with Crippen molar-refractivity contribution < 1.29 is 4.79 Å². The van der Waals surface area contributed by atoms with E-state index in [0.717, 1.165) is 18.1 Å². The minimum atomic E-state index is -0.0571. The molecular weight excluding hydrogens is 302 g/mol. The average molecular weight is 331 g/mol. The second-order valence-corrected chi connectivity index (χ2v) is 6.58. The van der Waals surface area contributed by atoms with Gasteiger partial charge in [0.2, 0.25) is 5.91 Å². The largest absolute Gasteiger partial charge is 0.356 e. The summed E-state index contributed by atoms with van der Waals surface area (Å²) in [6, 6.07) is 3.74. The lowest BCUT2D eigenvalue weighted by Crippen LogP contribution is -2.46. The van der Waals surface area contributed by atoms with E-state index in [-0.39, 0.29) is 5.91 Å². The molecule has 132 valence electrons. The van der Waals surface area contributed by atoms with Crippen molar-refractivity contribution in [3.63, 3.8) is 0 Å². The molecule has 3 N–H and O–H groups in total. The Morgan fingerprint density at radius 1 is 1.33 bits per heavy atom. The quantitative estimate of drug-likeness (QED) is 0.530. The van der Waals surface area contributed by atoms with Crippen molar-refractivity contribution in [2.24, 2.45) is 10.4 Å². The van der Waals surface area contributed by atoms with Gasteiger partial charge in [0.25, 0.3) is 0 Å². The standard InChI is InChI=1S/C18H29N5O/c1-4-18(9-5-10-18)13-22-17(19-3)20-11-8-16(24)23-15-7-6-14(2)12-21-15/h6-7,12H,4-5,8-11,13H2,1-3H3,(H2,19,20,22)(H,21,23,24). The highest BCUT2D eigenvalue weighted by Gasteiger charge is 2.34. The van der Waals surface area contributed by atoms with Gasteiger partial charge in [-0.1, -0.05) is 19.4 Å². The Hall–Kier alpha value is -2.11. The average Bonchev–Trinajstić information content (AvgIpc) is 2.54. The van der Waals surface area contributed by atoms with E-state index in [1.54, 1.807) is 13.2 Å². The smallest absolute Gasteiger partial charge is 0.227 e. The number of nitrogens with one attached hydrogen (secondary N) is 3. The number of aryl methyl sites for hydroxylation is 1. The Balaban J connectivity index is 1.67. The third-order valence-corrected chi connectivity index (χ3v) is 4.84. The second-order valence-electron chi connectivity index (χ2n) is 6.58. The number of aliphatic imine (C=N–C) groups is 1. The third-order valence-electron chi connectivity index (χ3n) is 4.84. The first-order valence-electron chi connectivity index (χ1n) is 8.74. The van der Waals surface area contributed by atoms with E-state index in [0.29, 0.717) is 24.2 Å². The van der Waals surface area contributed by atoms with Crippen LogP contribution in [0.15, 0.2) is 23.3 Å². The molecule has 1 heterocycles. The molecule has 1 aliphatic carbocycles. The van der Waals surface area contributed by atoms with Gasteiger partial charge < -0.3 is 16.0 Å². The number of pyridine rings is 1. The van der Waals surface area contributed by atoms with Crippen LogP contribution < -0.4 is 16.0 Å². The lowest BCUT2D eigenvalue weighted by Gasteiger charge is -2.41. The highest BCUT2D eigenvalue weighted by molar-refractivity contribution is 5.90. The highest BCUT2D eigenvalue weighted by Crippen LogP contribution is 2.42. The van der Waals surface area contributed by atoms with Gasteiger partial charge in [-0.05, 0) is 43.2 Å². The lowest BCUT2D eigenvalue weighted by atomic mass is 9.67. The van der Waals surface area contributed by atoms with Crippen LogP contribution >= 0.6 is 0 Å². The van der Waals surface area contributed by atoms with E-state index in [1.807, 2.05) is 19.1 Å². The maximum absolute atomic E-state index is 11.9. The van der Waals surface area contributed by atoms with Crippen LogP contribution in [0.5, 0.6) is 0 Å². The van der Waals surface area contributed by atoms with Crippen LogP contribution in [-0.2, 0) is 4.79 Å². The number of anilines is 1. The van der Waals surface area contributed by atoms with Gasteiger partial charge in [-0.3, -0.25) is 9.79 Å². The summed E-state index contributed by atoms with van der Waals surface area (Å²) in [5.41, 5.74) is 1.51. The number of carbonyl (C=O) groups excluding carboxylic acids is 1. The van der Waals surface area contributed by atoms with E-state index < -0.39 is 0 Å². The molecule has 6 nitrogen and oxygen atoms in total. The van der Waals surface area contributed by atoms with Crippen molar-refractivity contribution in [2.45, 2.75) is 46.0 Å². The van der Waals surface area contributed by atoms with E-state index >= 15 is 0 Å². The summed E-state index contributed by atoms with van der Waals surface area (Å²) in [5.74, 6) is 1.29. The number of amides is 1. The number of aromatic nitrogens is 1. The SMILES string of the molecule is CCC1(CNC(=NC)NCCC(=O)Nc2ccc(C)cn2)CCC1. The third kappa shape index (κ3) is 5.22. The molecule has 0 atom stereocenters. The lowest BCUT2D eigenvalue weighted by molar-refractivity contribution is -0.116. The van der Waals surface area contributed by atoms with Crippen LogP contribution in [-0.4, -0.2) is 37.0 Å². The van der Waals surface area contributed by atoms with Gasteiger partial charge in [0.15, 0.2) is 5.96 Å². The predicted molar refractivity (Wildman–Crippen MR) is 98.2 cm³/mol. The maximum Gasteiger partial charge on any atom is 0.227 e. The first-order chi connectivity index (χ1) is 11.6. The Labute approximate surface area is 144 Å². The fraction of sp³-hybridized carbons (Fsp3) is 0.611. The molecule has 0 unspecified atom stereocenters. The minimum Gasteiger partial charge on any atom is -0.356 e. The topological polar surface area (TPSA) is 78.4 Å². The van der Waals surface area contributed by atoms with Gasteiger partial charge in [-0.15, -0.1) is 0 Å². The summed E-state index contributed by atoms with van der Waals surface area (Å²) in [7, 11) is 1.75. The molecule has 1 fully saturated rings. The number of nitrogens with zero attached hydrogens (tertiary/aromatic N) is 2. The van der Waals surface area contributed by atoms with Gasteiger partial charge in [0, 0.05) is 32.8 Å². The molecule has 1 aromatic heterocycles. The zero-order chi connectivity index (χ0) is 17.4. The normalized spacial score (nSPS) is 16.2. The van der Waals surface area contributed by atoms with Crippen LogP contribution in [0.25, 0.3) is 0 Å². The molecule has 0 bridgehead atoms. The Kier molecular flexibility index (Phi) is 6.58. The molecular formula is C18H29N5O. The first kappa shape index (κ1) is 18.2. The van der Waals surface area contributed by atoms with Crippen molar-refractivity contribution in [2.75, 3.05) is 25.5 Å². The second kappa shape index (κ2) is 8.66. The molecule has 0 saturated heterocycles.